The van der Waals surface area contributed by atoms with Crippen molar-refractivity contribution in [3.8, 4) is 12.3 Å². The zero-order valence-electron chi connectivity index (χ0n) is 7.02. The van der Waals surface area contributed by atoms with Crippen molar-refractivity contribution in [3.63, 3.8) is 0 Å². The average molecular weight is 140 g/mol. The lowest BCUT2D eigenvalue weighted by atomic mass is 9.86. The molecule has 10 heavy (non-hydrogen) atoms. The van der Waals surface area contributed by atoms with E-state index in [9.17, 15) is 5.11 Å². The molecule has 0 aliphatic rings. The summed E-state index contributed by atoms with van der Waals surface area (Å²) in [6, 6.07) is 0. The Morgan fingerprint density at radius 1 is 1.70 bits per heavy atom. The topological polar surface area (TPSA) is 20.2 Å². The molecule has 0 aliphatic heterocycles. The van der Waals surface area contributed by atoms with Gasteiger partial charge >= 0.3 is 0 Å². The number of aliphatic hydroxyl groups is 1. The zero-order valence-corrected chi connectivity index (χ0v) is 7.02. The molecule has 0 bridgehead atoms. The van der Waals surface area contributed by atoms with Crippen LogP contribution in [0.4, 0.5) is 0 Å². The molecule has 0 heterocycles. The first-order valence-electron chi connectivity index (χ1n) is 3.70. The molecule has 2 unspecified atom stereocenters. The highest BCUT2D eigenvalue weighted by molar-refractivity contribution is 4.94. The van der Waals surface area contributed by atoms with Gasteiger partial charge in [0.1, 0.15) is 0 Å². The van der Waals surface area contributed by atoms with Gasteiger partial charge in [-0.3, -0.25) is 0 Å². The normalized spacial score (nSPS) is 19.1. The predicted molar refractivity (Wildman–Crippen MR) is 43.5 cm³/mol. The van der Waals surface area contributed by atoms with E-state index in [4.69, 9.17) is 6.42 Å². The first-order valence-corrected chi connectivity index (χ1v) is 3.70. The Bertz CT molecular complexity index is 130. The van der Waals surface area contributed by atoms with Crippen molar-refractivity contribution >= 4 is 0 Å². The van der Waals surface area contributed by atoms with Crippen molar-refractivity contribution in [2.75, 3.05) is 0 Å². The third kappa shape index (κ3) is 2.41. The first kappa shape index (κ1) is 9.52. The summed E-state index contributed by atoms with van der Waals surface area (Å²) in [6.07, 6.45) is 6.51. The summed E-state index contributed by atoms with van der Waals surface area (Å²) < 4.78 is 0. The van der Waals surface area contributed by atoms with Crippen molar-refractivity contribution in [1.82, 2.24) is 0 Å². The van der Waals surface area contributed by atoms with E-state index in [1.807, 2.05) is 6.92 Å². The van der Waals surface area contributed by atoms with Gasteiger partial charge in [0.05, 0.1) is 5.60 Å². The molecule has 0 rings (SSSR count). The quantitative estimate of drug-likeness (QED) is 0.593. The Kier molecular flexibility index (Phi) is 3.46. The molecule has 2 atom stereocenters. The third-order valence-corrected chi connectivity index (χ3v) is 2.13. The number of hydrogen-bond acceptors (Lipinski definition) is 1. The maximum atomic E-state index is 9.64. The van der Waals surface area contributed by atoms with Crippen LogP contribution in [0.15, 0.2) is 0 Å². The largest absolute Gasteiger partial charge is 0.389 e. The van der Waals surface area contributed by atoms with Crippen molar-refractivity contribution in [2.45, 2.75) is 39.2 Å². The fourth-order valence-corrected chi connectivity index (χ4v) is 0.821. The van der Waals surface area contributed by atoms with Crippen LogP contribution in [0.25, 0.3) is 0 Å². The van der Waals surface area contributed by atoms with E-state index in [1.165, 1.54) is 0 Å². The first-order chi connectivity index (χ1) is 4.54. The Balaban J connectivity index is 3.98. The average Bonchev–Trinajstić information content (AvgIpc) is 1.86. The van der Waals surface area contributed by atoms with Crippen LogP contribution in [-0.2, 0) is 0 Å². The van der Waals surface area contributed by atoms with E-state index in [0.29, 0.717) is 6.42 Å². The second-order valence-electron chi connectivity index (χ2n) is 3.05. The SMILES string of the molecule is C#CCC(C)(O)C(C)CC. The number of hydrogen-bond donors (Lipinski definition) is 1. The monoisotopic (exact) mass is 140 g/mol. The molecule has 1 heteroatoms. The van der Waals surface area contributed by atoms with Gasteiger partial charge in [-0.05, 0) is 12.8 Å². The van der Waals surface area contributed by atoms with Gasteiger partial charge in [-0.15, -0.1) is 12.3 Å². The highest BCUT2D eigenvalue weighted by atomic mass is 16.3. The van der Waals surface area contributed by atoms with E-state index < -0.39 is 5.60 Å². The van der Waals surface area contributed by atoms with E-state index in [-0.39, 0.29) is 5.92 Å². The summed E-state index contributed by atoms with van der Waals surface area (Å²) in [6.45, 7) is 5.86. The second kappa shape index (κ2) is 3.63. The molecule has 0 aromatic heterocycles. The van der Waals surface area contributed by atoms with Crippen LogP contribution >= 0.6 is 0 Å². The molecule has 1 N–H and O–H groups in total. The molecule has 0 saturated heterocycles. The van der Waals surface area contributed by atoms with Crippen molar-refractivity contribution in [1.29, 1.82) is 0 Å². The summed E-state index contributed by atoms with van der Waals surface area (Å²) >= 11 is 0. The minimum Gasteiger partial charge on any atom is -0.389 e. The lowest BCUT2D eigenvalue weighted by Crippen LogP contribution is -2.31. The molecule has 0 spiro atoms. The highest BCUT2D eigenvalue weighted by Crippen LogP contribution is 2.22. The summed E-state index contributed by atoms with van der Waals surface area (Å²) in [5, 5.41) is 9.64. The summed E-state index contributed by atoms with van der Waals surface area (Å²) in [5.41, 5.74) is -0.677. The Hall–Kier alpha value is -0.480. The lowest BCUT2D eigenvalue weighted by Gasteiger charge is -2.27. The summed E-state index contributed by atoms with van der Waals surface area (Å²) in [4.78, 5) is 0. The van der Waals surface area contributed by atoms with Crippen molar-refractivity contribution in [3.05, 3.63) is 0 Å². The molecular formula is C9H16O. The van der Waals surface area contributed by atoms with Crippen LogP contribution in [0.5, 0.6) is 0 Å². The standard InChI is InChI=1S/C9H16O/c1-5-7-9(4,10)8(3)6-2/h1,8,10H,6-7H2,2-4H3. The number of terminal acetylenes is 1. The zero-order chi connectivity index (χ0) is 8.20. The van der Waals surface area contributed by atoms with Crippen LogP contribution in [0, 0.1) is 18.3 Å². The van der Waals surface area contributed by atoms with Gasteiger partial charge in [-0.25, -0.2) is 0 Å². The van der Waals surface area contributed by atoms with Crippen LogP contribution in [0.3, 0.4) is 0 Å². The molecule has 0 amide bonds. The fourth-order valence-electron chi connectivity index (χ4n) is 0.821. The van der Waals surface area contributed by atoms with Gasteiger partial charge in [0.2, 0.25) is 0 Å². The van der Waals surface area contributed by atoms with Crippen LogP contribution in [-0.4, -0.2) is 10.7 Å². The maximum absolute atomic E-state index is 9.64. The van der Waals surface area contributed by atoms with Crippen LogP contribution in [0.1, 0.15) is 33.6 Å². The molecule has 0 aromatic rings. The van der Waals surface area contributed by atoms with Crippen molar-refractivity contribution < 1.29 is 5.11 Å². The van der Waals surface area contributed by atoms with Gasteiger partial charge in [0, 0.05) is 6.42 Å². The van der Waals surface area contributed by atoms with Crippen LogP contribution < -0.4 is 0 Å². The minimum absolute atomic E-state index is 0.281. The highest BCUT2D eigenvalue weighted by Gasteiger charge is 2.25. The van der Waals surface area contributed by atoms with Crippen LogP contribution in [0.2, 0.25) is 0 Å². The maximum Gasteiger partial charge on any atom is 0.0753 e. The molecule has 58 valence electrons. The van der Waals surface area contributed by atoms with E-state index >= 15 is 0 Å². The predicted octanol–water partition coefficient (Wildman–Crippen LogP) is 1.81. The molecule has 1 nitrogen and oxygen atoms in total. The second-order valence-corrected chi connectivity index (χ2v) is 3.05. The van der Waals surface area contributed by atoms with Crippen molar-refractivity contribution in [2.24, 2.45) is 5.92 Å². The minimum atomic E-state index is -0.677. The van der Waals surface area contributed by atoms with Gasteiger partial charge in [0.25, 0.3) is 0 Å². The third-order valence-electron chi connectivity index (χ3n) is 2.13. The molecule has 0 fully saturated rings. The molecule has 0 aliphatic carbocycles. The smallest absolute Gasteiger partial charge is 0.0753 e. The van der Waals surface area contributed by atoms with Gasteiger partial charge in [0.15, 0.2) is 0 Å². The Morgan fingerprint density at radius 2 is 2.20 bits per heavy atom. The van der Waals surface area contributed by atoms with E-state index in [1.54, 1.807) is 6.92 Å². The number of rotatable bonds is 3. The van der Waals surface area contributed by atoms with Gasteiger partial charge in [-0.1, -0.05) is 20.3 Å². The Labute approximate surface area is 63.5 Å². The molecule has 0 radical (unpaired) electrons. The fraction of sp³-hybridized carbons (Fsp3) is 0.778. The van der Waals surface area contributed by atoms with E-state index in [0.717, 1.165) is 6.42 Å². The van der Waals surface area contributed by atoms with Gasteiger partial charge in [-0.2, -0.15) is 0 Å². The summed E-state index contributed by atoms with van der Waals surface area (Å²) in [7, 11) is 0. The Morgan fingerprint density at radius 3 is 2.50 bits per heavy atom. The molecule has 0 aromatic carbocycles. The van der Waals surface area contributed by atoms with E-state index in [2.05, 4.69) is 12.8 Å². The summed E-state index contributed by atoms with van der Waals surface area (Å²) in [5.74, 6) is 2.75. The van der Waals surface area contributed by atoms with Gasteiger partial charge < -0.3 is 5.11 Å². The lowest BCUT2D eigenvalue weighted by molar-refractivity contribution is 0.00972. The molecular weight excluding hydrogens is 124 g/mol. The molecule has 0 saturated carbocycles.